The Morgan fingerprint density at radius 3 is 2.84 bits per heavy atom. The molecule has 1 atom stereocenters. The van der Waals surface area contributed by atoms with Crippen LogP contribution < -0.4 is 5.32 Å². The normalized spacial score (nSPS) is 14.4. The highest BCUT2D eigenvalue weighted by Crippen LogP contribution is 2.39. The van der Waals surface area contributed by atoms with Gasteiger partial charge in [0.05, 0.1) is 5.39 Å². The summed E-state index contributed by atoms with van der Waals surface area (Å²) in [5, 5.41) is 13.9. The smallest absolute Gasteiger partial charge is 0.326 e. The first kappa shape index (κ1) is 16.0. The second-order valence-corrected chi connectivity index (χ2v) is 7.47. The number of thiophene rings is 1. The van der Waals surface area contributed by atoms with E-state index in [1.165, 1.54) is 10.4 Å². The summed E-state index contributed by atoms with van der Waals surface area (Å²) < 4.78 is 0. The minimum Gasteiger partial charge on any atom is -0.480 e. The molecule has 4 rings (SSSR count). The fraction of sp³-hybridized carbons (Fsp3) is 0.316. The van der Waals surface area contributed by atoms with Crippen LogP contribution in [0.1, 0.15) is 28.2 Å². The third kappa shape index (κ3) is 3.09. The summed E-state index contributed by atoms with van der Waals surface area (Å²) in [6, 6.07) is 8.94. The number of carbonyl (C=O) groups is 1. The Balaban J connectivity index is 1.71. The number of benzene rings is 1. The molecular formula is C19H19N3O2S. The van der Waals surface area contributed by atoms with Crippen molar-refractivity contribution >= 4 is 33.3 Å². The first-order valence-electron chi connectivity index (χ1n) is 8.44. The Labute approximate surface area is 149 Å². The van der Waals surface area contributed by atoms with E-state index in [9.17, 15) is 9.90 Å². The third-order valence-corrected chi connectivity index (χ3v) is 5.75. The molecule has 1 unspecified atom stereocenters. The van der Waals surface area contributed by atoms with Crippen LogP contribution in [0.2, 0.25) is 0 Å². The Morgan fingerprint density at radius 2 is 2.08 bits per heavy atom. The first-order valence-corrected chi connectivity index (χ1v) is 9.25. The zero-order chi connectivity index (χ0) is 17.4. The Morgan fingerprint density at radius 1 is 1.28 bits per heavy atom. The SMILES string of the molecule is Cc1nc(NC(Cc2ccccc2)C(=O)O)c2c3c(sc2n1)CCC3. The van der Waals surface area contributed by atoms with Crippen LogP contribution in [-0.4, -0.2) is 27.1 Å². The number of carboxylic acid groups (broad SMARTS) is 1. The number of hydrogen-bond donors (Lipinski definition) is 2. The highest BCUT2D eigenvalue weighted by atomic mass is 32.1. The minimum absolute atomic E-state index is 0.410. The number of aryl methyl sites for hydroxylation is 3. The number of carboxylic acids is 1. The van der Waals surface area contributed by atoms with Gasteiger partial charge in [0.2, 0.25) is 0 Å². The number of rotatable bonds is 5. The lowest BCUT2D eigenvalue weighted by Gasteiger charge is -2.16. The first-order chi connectivity index (χ1) is 12.1. The van der Waals surface area contributed by atoms with Crippen LogP contribution >= 0.6 is 11.3 Å². The summed E-state index contributed by atoms with van der Waals surface area (Å²) in [4.78, 5) is 23.2. The minimum atomic E-state index is -0.875. The van der Waals surface area contributed by atoms with E-state index in [4.69, 9.17) is 0 Å². The number of nitrogens with one attached hydrogen (secondary N) is 1. The molecule has 6 heteroatoms. The van der Waals surface area contributed by atoms with Crippen molar-refractivity contribution in [3.8, 4) is 0 Å². The van der Waals surface area contributed by atoms with Crippen LogP contribution in [0.15, 0.2) is 30.3 Å². The molecule has 2 aromatic heterocycles. The molecule has 1 aliphatic carbocycles. The number of hydrogen-bond acceptors (Lipinski definition) is 5. The highest BCUT2D eigenvalue weighted by Gasteiger charge is 2.25. The maximum absolute atomic E-state index is 11.8. The lowest BCUT2D eigenvalue weighted by atomic mass is 10.1. The number of aromatic nitrogens is 2. The summed E-state index contributed by atoms with van der Waals surface area (Å²) in [6.45, 7) is 1.85. The third-order valence-electron chi connectivity index (χ3n) is 4.57. The maximum atomic E-state index is 11.8. The molecule has 0 aliphatic heterocycles. The largest absolute Gasteiger partial charge is 0.480 e. The van der Waals surface area contributed by atoms with E-state index in [0.29, 0.717) is 18.1 Å². The van der Waals surface area contributed by atoms with Crippen molar-refractivity contribution in [1.82, 2.24) is 9.97 Å². The van der Waals surface area contributed by atoms with Gasteiger partial charge in [-0.2, -0.15) is 0 Å². The summed E-state index contributed by atoms with van der Waals surface area (Å²) in [5.74, 6) is 0.448. The fourth-order valence-electron chi connectivity index (χ4n) is 3.42. The van der Waals surface area contributed by atoms with Gasteiger partial charge < -0.3 is 10.4 Å². The zero-order valence-corrected chi connectivity index (χ0v) is 14.8. The molecule has 0 radical (unpaired) electrons. The number of nitrogens with zero attached hydrogens (tertiary/aromatic N) is 2. The van der Waals surface area contributed by atoms with Crippen molar-refractivity contribution in [1.29, 1.82) is 0 Å². The molecule has 0 spiro atoms. The van der Waals surface area contributed by atoms with Gasteiger partial charge in [0.1, 0.15) is 22.5 Å². The summed E-state index contributed by atoms with van der Waals surface area (Å²) >= 11 is 1.72. The predicted octanol–water partition coefficient (Wildman–Crippen LogP) is 3.60. The van der Waals surface area contributed by atoms with Crippen LogP contribution in [-0.2, 0) is 24.1 Å². The average Bonchev–Trinajstić information content (AvgIpc) is 3.15. The van der Waals surface area contributed by atoms with Gasteiger partial charge in [0.25, 0.3) is 0 Å². The van der Waals surface area contributed by atoms with Gasteiger partial charge in [0, 0.05) is 11.3 Å². The van der Waals surface area contributed by atoms with Gasteiger partial charge in [-0.15, -0.1) is 11.3 Å². The van der Waals surface area contributed by atoms with E-state index in [1.807, 2.05) is 37.3 Å². The number of anilines is 1. The van der Waals surface area contributed by atoms with Crippen molar-refractivity contribution in [3.63, 3.8) is 0 Å². The highest BCUT2D eigenvalue weighted by molar-refractivity contribution is 7.19. The van der Waals surface area contributed by atoms with Crippen LogP contribution in [0.4, 0.5) is 5.82 Å². The zero-order valence-electron chi connectivity index (χ0n) is 14.0. The standard InChI is InChI=1S/C19H19N3O2S/c1-11-20-17(16-13-8-5-9-15(13)25-18(16)21-11)22-14(19(23)24)10-12-6-3-2-4-7-12/h2-4,6-7,14H,5,8-10H2,1H3,(H,23,24)(H,20,21,22). The molecule has 0 bridgehead atoms. The van der Waals surface area contributed by atoms with E-state index >= 15 is 0 Å². The maximum Gasteiger partial charge on any atom is 0.326 e. The molecule has 0 amide bonds. The molecule has 1 aliphatic rings. The van der Waals surface area contributed by atoms with E-state index in [0.717, 1.165) is 35.0 Å². The molecule has 0 saturated carbocycles. The quantitative estimate of drug-likeness (QED) is 0.733. The van der Waals surface area contributed by atoms with Gasteiger partial charge in [-0.1, -0.05) is 30.3 Å². The van der Waals surface area contributed by atoms with Crippen molar-refractivity contribution in [2.24, 2.45) is 0 Å². The summed E-state index contributed by atoms with van der Waals surface area (Å²) in [7, 11) is 0. The van der Waals surface area contributed by atoms with E-state index in [1.54, 1.807) is 11.3 Å². The average molecular weight is 353 g/mol. The van der Waals surface area contributed by atoms with Crippen LogP contribution in [0, 0.1) is 6.92 Å². The second-order valence-electron chi connectivity index (χ2n) is 6.38. The van der Waals surface area contributed by atoms with Crippen molar-refractivity contribution in [2.45, 2.75) is 38.6 Å². The fourth-order valence-corrected chi connectivity index (χ4v) is 4.73. The molecule has 128 valence electrons. The van der Waals surface area contributed by atoms with Gasteiger partial charge in [-0.05, 0) is 37.3 Å². The Bertz CT molecular complexity index is 937. The molecule has 1 aromatic carbocycles. The molecule has 2 heterocycles. The van der Waals surface area contributed by atoms with Gasteiger partial charge in [-0.3, -0.25) is 0 Å². The van der Waals surface area contributed by atoms with Crippen LogP contribution in [0.3, 0.4) is 0 Å². The molecule has 25 heavy (non-hydrogen) atoms. The Hall–Kier alpha value is -2.47. The van der Waals surface area contributed by atoms with E-state index < -0.39 is 12.0 Å². The van der Waals surface area contributed by atoms with Gasteiger partial charge in [-0.25, -0.2) is 14.8 Å². The van der Waals surface area contributed by atoms with Crippen molar-refractivity contribution in [3.05, 3.63) is 52.2 Å². The molecule has 0 fully saturated rings. The van der Waals surface area contributed by atoms with Crippen molar-refractivity contribution in [2.75, 3.05) is 5.32 Å². The summed E-state index contributed by atoms with van der Waals surface area (Å²) in [6.07, 6.45) is 3.66. The summed E-state index contributed by atoms with van der Waals surface area (Å²) in [5.41, 5.74) is 2.28. The van der Waals surface area contributed by atoms with Crippen LogP contribution in [0.5, 0.6) is 0 Å². The topological polar surface area (TPSA) is 75.1 Å². The number of fused-ring (bicyclic) bond motifs is 3. The molecule has 2 N–H and O–H groups in total. The predicted molar refractivity (Wildman–Crippen MR) is 99.4 cm³/mol. The van der Waals surface area contributed by atoms with Crippen molar-refractivity contribution < 1.29 is 9.90 Å². The number of aliphatic carboxylic acids is 1. The van der Waals surface area contributed by atoms with Gasteiger partial charge in [0.15, 0.2) is 0 Å². The van der Waals surface area contributed by atoms with Gasteiger partial charge >= 0.3 is 5.97 Å². The monoisotopic (exact) mass is 353 g/mol. The molecule has 3 aromatic rings. The van der Waals surface area contributed by atoms with E-state index in [2.05, 4.69) is 15.3 Å². The second kappa shape index (κ2) is 6.44. The lowest BCUT2D eigenvalue weighted by Crippen LogP contribution is -2.32. The molecule has 0 saturated heterocycles. The van der Waals surface area contributed by atoms with Crippen LogP contribution in [0.25, 0.3) is 10.2 Å². The molecule has 5 nitrogen and oxygen atoms in total. The Kier molecular flexibility index (Phi) is 4.13. The van der Waals surface area contributed by atoms with E-state index in [-0.39, 0.29) is 0 Å². The lowest BCUT2D eigenvalue weighted by molar-refractivity contribution is -0.137. The molecular weight excluding hydrogens is 334 g/mol.